The Kier molecular flexibility index (Phi) is 2.84. The summed E-state index contributed by atoms with van der Waals surface area (Å²) in [7, 11) is 0. The molecule has 0 bridgehead atoms. The van der Waals surface area contributed by atoms with Crippen LogP contribution in [0.1, 0.15) is 32.1 Å². The highest BCUT2D eigenvalue weighted by molar-refractivity contribution is 5.07. The van der Waals surface area contributed by atoms with E-state index in [1.807, 2.05) is 0 Å². The van der Waals surface area contributed by atoms with Crippen molar-refractivity contribution in [3.8, 4) is 0 Å². The third-order valence-electron chi connectivity index (χ3n) is 3.31. The Hall–Kier alpha value is -0.560. The van der Waals surface area contributed by atoms with Crippen molar-refractivity contribution < 1.29 is 0 Å². The first-order chi connectivity index (χ1) is 6.38. The van der Waals surface area contributed by atoms with Gasteiger partial charge in [0.15, 0.2) is 0 Å². The molecule has 1 nitrogen and oxygen atoms in total. The molecule has 0 aromatic rings. The zero-order valence-electron chi connectivity index (χ0n) is 8.15. The minimum atomic E-state index is 0.401. The molecule has 0 aromatic carbocycles. The molecule has 0 saturated heterocycles. The number of nitrogens with two attached hydrogens (primary N) is 1. The van der Waals surface area contributed by atoms with Gasteiger partial charge in [-0.25, -0.2) is 0 Å². The summed E-state index contributed by atoms with van der Waals surface area (Å²) < 4.78 is 0. The van der Waals surface area contributed by atoms with Gasteiger partial charge in [0, 0.05) is 6.04 Å². The predicted molar refractivity (Wildman–Crippen MR) is 56.3 cm³/mol. The van der Waals surface area contributed by atoms with Crippen LogP contribution in [0.4, 0.5) is 0 Å². The van der Waals surface area contributed by atoms with E-state index >= 15 is 0 Å². The first kappa shape index (κ1) is 9.01. The fourth-order valence-corrected chi connectivity index (χ4v) is 2.50. The van der Waals surface area contributed by atoms with E-state index in [-0.39, 0.29) is 0 Å². The Balaban J connectivity index is 2.04. The zero-order chi connectivity index (χ0) is 9.10. The summed E-state index contributed by atoms with van der Waals surface area (Å²) in [5, 5.41) is 0. The average Bonchev–Trinajstić information content (AvgIpc) is 2.20. The smallest absolute Gasteiger partial charge is 0.0110 e. The van der Waals surface area contributed by atoms with Crippen molar-refractivity contribution in [1.82, 2.24) is 0 Å². The van der Waals surface area contributed by atoms with Crippen LogP contribution >= 0.6 is 0 Å². The summed E-state index contributed by atoms with van der Waals surface area (Å²) in [6.07, 6.45) is 15.6. The summed E-state index contributed by atoms with van der Waals surface area (Å²) >= 11 is 0. The molecule has 2 aliphatic carbocycles. The second-order valence-corrected chi connectivity index (χ2v) is 4.27. The summed E-state index contributed by atoms with van der Waals surface area (Å²) in [5.74, 6) is 1.34. The van der Waals surface area contributed by atoms with Crippen LogP contribution in [-0.2, 0) is 0 Å². The lowest BCUT2D eigenvalue weighted by Crippen LogP contribution is -2.35. The van der Waals surface area contributed by atoms with Crippen molar-refractivity contribution in [2.75, 3.05) is 0 Å². The van der Waals surface area contributed by atoms with Gasteiger partial charge in [-0.15, -0.1) is 0 Å². The topological polar surface area (TPSA) is 26.0 Å². The molecule has 0 aliphatic heterocycles. The molecule has 2 N–H and O–H groups in total. The van der Waals surface area contributed by atoms with Gasteiger partial charge in [0.05, 0.1) is 0 Å². The highest BCUT2D eigenvalue weighted by Crippen LogP contribution is 2.31. The van der Waals surface area contributed by atoms with E-state index in [2.05, 4.69) is 24.3 Å². The van der Waals surface area contributed by atoms with Crippen LogP contribution in [0, 0.1) is 11.8 Å². The Labute approximate surface area is 80.7 Å². The van der Waals surface area contributed by atoms with E-state index < -0.39 is 0 Å². The molecule has 0 fully saturated rings. The summed E-state index contributed by atoms with van der Waals surface area (Å²) in [5.41, 5.74) is 6.12. The van der Waals surface area contributed by atoms with Crippen LogP contribution in [0.2, 0.25) is 0 Å². The Bertz CT molecular complexity index is 217. The van der Waals surface area contributed by atoms with Gasteiger partial charge in [0.2, 0.25) is 0 Å². The Morgan fingerprint density at radius 3 is 2.54 bits per heavy atom. The molecule has 3 atom stereocenters. The lowest BCUT2D eigenvalue weighted by Gasteiger charge is -2.31. The molecular weight excluding hydrogens is 158 g/mol. The third kappa shape index (κ3) is 2.02. The van der Waals surface area contributed by atoms with Crippen LogP contribution in [0.15, 0.2) is 24.3 Å². The van der Waals surface area contributed by atoms with Crippen LogP contribution in [-0.4, -0.2) is 6.04 Å². The van der Waals surface area contributed by atoms with Crippen LogP contribution in [0.5, 0.6) is 0 Å². The van der Waals surface area contributed by atoms with Crippen LogP contribution in [0.3, 0.4) is 0 Å². The molecule has 13 heavy (non-hydrogen) atoms. The van der Waals surface area contributed by atoms with E-state index in [4.69, 9.17) is 5.73 Å². The van der Waals surface area contributed by atoms with Gasteiger partial charge < -0.3 is 5.73 Å². The Morgan fingerprint density at radius 2 is 1.85 bits per heavy atom. The number of hydrogen-bond donors (Lipinski definition) is 1. The lowest BCUT2D eigenvalue weighted by atomic mass is 9.77. The maximum atomic E-state index is 6.12. The molecule has 0 aromatic heterocycles. The van der Waals surface area contributed by atoms with Crippen molar-refractivity contribution >= 4 is 0 Å². The molecule has 0 saturated carbocycles. The van der Waals surface area contributed by atoms with Crippen molar-refractivity contribution in [3.05, 3.63) is 24.3 Å². The quantitative estimate of drug-likeness (QED) is 0.612. The monoisotopic (exact) mass is 177 g/mol. The second kappa shape index (κ2) is 4.10. The highest BCUT2D eigenvalue weighted by Gasteiger charge is 2.25. The van der Waals surface area contributed by atoms with Crippen molar-refractivity contribution in [3.63, 3.8) is 0 Å². The van der Waals surface area contributed by atoms with Gasteiger partial charge in [-0.05, 0) is 43.9 Å². The second-order valence-electron chi connectivity index (χ2n) is 4.27. The number of hydrogen-bond acceptors (Lipinski definition) is 1. The molecular formula is C12H19N. The molecule has 0 amide bonds. The van der Waals surface area contributed by atoms with Crippen LogP contribution < -0.4 is 5.73 Å². The van der Waals surface area contributed by atoms with Crippen LogP contribution in [0.25, 0.3) is 0 Å². The highest BCUT2D eigenvalue weighted by atomic mass is 14.7. The van der Waals surface area contributed by atoms with E-state index in [1.165, 1.54) is 32.1 Å². The van der Waals surface area contributed by atoms with E-state index in [1.54, 1.807) is 0 Å². The summed E-state index contributed by atoms with van der Waals surface area (Å²) in [6, 6.07) is 0.401. The normalized spacial score (nSPS) is 39.3. The van der Waals surface area contributed by atoms with Gasteiger partial charge >= 0.3 is 0 Å². The molecule has 72 valence electrons. The molecule has 0 heterocycles. The molecule has 0 spiro atoms. The maximum Gasteiger partial charge on any atom is 0.0110 e. The zero-order valence-corrected chi connectivity index (χ0v) is 8.15. The van der Waals surface area contributed by atoms with Gasteiger partial charge in [0.25, 0.3) is 0 Å². The Morgan fingerprint density at radius 1 is 1.00 bits per heavy atom. The predicted octanol–water partition coefficient (Wildman–Crippen LogP) is 2.64. The first-order valence-corrected chi connectivity index (χ1v) is 5.47. The third-order valence-corrected chi connectivity index (χ3v) is 3.31. The minimum Gasteiger partial charge on any atom is -0.327 e. The fraction of sp³-hybridized carbons (Fsp3) is 0.667. The lowest BCUT2D eigenvalue weighted by molar-refractivity contribution is 0.339. The van der Waals surface area contributed by atoms with Gasteiger partial charge in [-0.1, -0.05) is 24.3 Å². The minimum absolute atomic E-state index is 0.401. The van der Waals surface area contributed by atoms with Gasteiger partial charge in [-0.3, -0.25) is 0 Å². The summed E-state index contributed by atoms with van der Waals surface area (Å²) in [6.45, 7) is 0. The van der Waals surface area contributed by atoms with Gasteiger partial charge in [0.1, 0.15) is 0 Å². The molecule has 1 heteroatoms. The SMILES string of the molecule is NC1CCC=CC1[C@@H]1C=CCCC1. The van der Waals surface area contributed by atoms with E-state index in [0.29, 0.717) is 12.0 Å². The number of rotatable bonds is 1. The molecule has 2 unspecified atom stereocenters. The van der Waals surface area contributed by atoms with E-state index in [0.717, 1.165) is 5.92 Å². The molecule has 2 rings (SSSR count). The molecule has 2 aliphatic rings. The average molecular weight is 177 g/mol. The number of allylic oxidation sites excluding steroid dienone is 3. The summed E-state index contributed by atoms with van der Waals surface area (Å²) in [4.78, 5) is 0. The van der Waals surface area contributed by atoms with Crippen molar-refractivity contribution in [2.45, 2.75) is 38.1 Å². The van der Waals surface area contributed by atoms with Crippen molar-refractivity contribution in [2.24, 2.45) is 17.6 Å². The molecule has 0 radical (unpaired) electrons. The standard InChI is InChI=1S/C12H19N/c13-12-9-5-4-8-11(12)10-6-2-1-3-7-10/h2,4,6,8,10-12H,1,3,5,7,9,13H2/t10-,11?,12?/m1/s1. The largest absolute Gasteiger partial charge is 0.327 e. The van der Waals surface area contributed by atoms with E-state index in [9.17, 15) is 0 Å². The fourth-order valence-electron chi connectivity index (χ4n) is 2.50. The first-order valence-electron chi connectivity index (χ1n) is 5.47. The maximum absolute atomic E-state index is 6.12. The van der Waals surface area contributed by atoms with Crippen molar-refractivity contribution in [1.29, 1.82) is 0 Å². The van der Waals surface area contributed by atoms with Gasteiger partial charge in [-0.2, -0.15) is 0 Å².